The Morgan fingerprint density at radius 3 is 2.69 bits per heavy atom. The maximum absolute atomic E-state index is 12.7. The molecular weight excluding hydrogens is 372 g/mol. The van der Waals surface area contributed by atoms with Crippen LogP contribution in [0.1, 0.15) is 5.89 Å². The molecule has 0 radical (unpaired) electrons. The van der Waals surface area contributed by atoms with Crippen LogP contribution in [-0.4, -0.2) is 34.9 Å². The van der Waals surface area contributed by atoms with E-state index in [4.69, 9.17) is 13.9 Å². The lowest BCUT2D eigenvalue weighted by Gasteiger charge is -2.12. The summed E-state index contributed by atoms with van der Waals surface area (Å²) in [6.45, 7) is 1.86. The minimum Gasteiger partial charge on any atom is -0.497 e. The first-order valence-electron chi connectivity index (χ1n) is 8.99. The number of amides is 1. The van der Waals surface area contributed by atoms with E-state index in [-0.39, 0.29) is 12.5 Å². The van der Waals surface area contributed by atoms with Gasteiger partial charge in [-0.25, -0.2) is 0 Å². The molecule has 4 rings (SSSR count). The predicted octanol–water partition coefficient (Wildman–Crippen LogP) is 3.66. The zero-order chi connectivity index (χ0) is 20.4. The number of hydrogen-bond donors (Lipinski definition) is 1. The minimum absolute atomic E-state index is 0.114. The summed E-state index contributed by atoms with van der Waals surface area (Å²) in [5.74, 6) is 1.89. The second kappa shape index (κ2) is 7.67. The molecule has 4 aromatic rings. The lowest BCUT2D eigenvalue weighted by atomic mass is 10.2. The average molecular weight is 392 g/mol. The molecule has 0 bridgehead atoms. The summed E-state index contributed by atoms with van der Waals surface area (Å²) < 4.78 is 18.0. The maximum atomic E-state index is 12.7. The highest BCUT2D eigenvalue weighted by molar-refractivity contribution is 5.97. The Labute approximate surface area is 167 Å². The van der Waals surface area contributed by atoms with E-state index in [2.05, 4.69) is 15.5 Å². The Kier molecular flexibility index (Phi) is 4.90. The van der Waals surface area contributed by atoms with Crippen LogP contribution in [0.4, 0.5) is 5.69 Å². The van der Waals surface area contributed by atoms with Crippen LogP contribution in [0.25, 0.3) is 22.4 Å². The van der Waals surface area contributed by atoms with Gasteiger partial charge in [0.1, 0.15) is 18.0 Å². The van der Waals surface area contributed by atoms with Crippen LogP contribution >= 0.6 is 0 Å². The van der Waals surface area contributed by atoms with Gasteiger partial charge in [0.05, 0.1) is 25.5 Å². The van der Waals surface area contributed by atoms with E-state index in [0.717, 1.165) is 16.5 Å². The first-order valence-corrected chi connectivity index (χ1v) is 8.99. The summed E-state index contributed by atoms with van der Waals surface area (Å²) in [6, 6.07) is 13.0. The van der Waals surface area contributed by atoms with Crippen LogP contribution in [-0.2, 0) is 11.3 Å². The standard InChI is InChI=1S/C21H20N4O4/c1-13-23-24-21(29-13)16-11-25(18-7-5-4-6-15(16)18)12-20(26)22-17-9-8-14(27-2)10-19(17)28-3/h4-11H,12H2,1-3H3,(H,22,26). The number of carbonyl (C=O) groups is 1. The van der Waals surface area contributed by atoms with Crippen molar-refractivity contribution in [2.45, 2.75) is 13.5 Å². The van der Waals surface area contributed by atoms with Gasteiger partial charge in [0, 0.05) is 30.1 Å². The average Bonchev–Trinajstić information content (AvgIpc) is 3.32. The number of methoxy groups -OCH3 is 2. The van der Waals surface area contributed by atoms with Crippen LogP contribution in [0, 0.1) is 6.92 Å². The molecule has 0 saturated heterocycles. The van der Waals surface area contributed by atoms with Crippen molar-refractivity contribution >= 4 is 22.5 Å². The summed E-state index contributed by atoms with van der Waals surface area (Å²) in [5.41, 5.74) is 2.26. The lowest BCUT2D eigenvalue weighted by Crippen LogP contribution is -2.18. The number of para-hydroxylation sites is 1. The zero-order valence-corrected chi connectivity index (χ0v) is 16.3. The fourth-order valence-corrected chi connectivity index (χ4v) is 3.20. The highest BCUT2D eigenvalue weighted by atomic mass is 16.5. The third-order valence-electron chi connectivity index (χ3n) is 4.54. The van der Waals surface area contributed by atoms with E-state index in [1.165, 1.54) is 0 Å². The third kappa shape index (κ3) is 3.64. The number of carbonyl (C=O) groups excluding carboxylic acids is 1. The summed E-state index contributed by atoms with van der Waals surface area (Å²) in [5, 5.41) is 11.8. The maximum Gasteiger partial charge on any atom is 0.249 e. The molecule has 0 spiro atoms. The molecule has 2 heterocycles. The SMILES string of the molecule is COc1ccc(NC(=O)Cn2cc(-c3nnc(C)o3)c3ccccc32)c(OC)c1. The largest absolute Gasteiger partial charge is 0.497 e. The quantitative estimate of drug-likeness (QED) is 0.538. The van der Waals surface area contributed by atoms with Crippen molar-refractivity contribution < 1.29 is 18.7 Å². The first-order chi connectivity index (χ1) is 14.1. The number of anilines is 1. The van der Waals surface area contributed by atoms with Gasteiger partial charge in [-0.05, 0) is 18.2 Å². The number of hydrogen-bond acceptors (Lipinski definition) is 6. The van der Waals surface area contributed by atoms with Gasteiger partial charge < -0.3 is 23.8 Å². The Hall–Kier alpha value is -3.81. The van der Waals surface area contributed by atoms with Crippen LogP contribution in [0.2, 0.25) is 0 Å². The van der Waals surface area contributed by atoms with E-state index in [9.17, 15) is 4.79 Å². The minimum atomic E-state index is -0.192. The van der Waals surface area contributed by atoms with Crippen molar-refractivity contribution in [3.63, 3.8) is 0 Å². The fourth-order valence-electron chi connectivity index (χ4n) is 3.20. The molecule has 0 unspecified atom stereocenters. The summed E-state index contributed by atoms with van der Waals surface area (Å²) in [6.07, 6.45) is 1.85. The van der Waals surface area contributed by atoms with E-state index in [0.29, 0.717) is 29.0 Å². The molecule has 0 atom stereocenters. The normalized spacial score (nSPS) is 10.9. The third-order valence-corrected chi connectivity index (χ3v) is 4.54. The van der Waals surface area contributed by atoms with Gasteiger partial charge in [-0.2, -0.15) is 0 Å². The Morgan fingerprint density at radius 2 is 1.97 bits per heavy atom. The zero-order valence-electron chi connectivity index (χ0n) is 16.3. The highest BCUT2D eigenvalue weighted by Gasteiger charge is 2.17. The van der Waals surface area contributed by atoms with Gasteiger partial charge in [0.15, 0.2) is 0 Å². The van der Waals surface area contributed by atoms with Crippen LogP contribution < -0.4 is 14.8 Å². The van der Waals surface area contributed by atoms with Crippen molar-refractivity contribution in [1.82, 2.24) is 14.8 Å². The van der Waals surface area contributed by atoms with E-state index >= 15 is 0 Å². The van der Waals surface area contributed by atoms with Crippen molar-refractivity contribution in [1.29, 1.82) is 0 Å². The Morgan fingerprint density at radius 1 is 1.14 bits per heavy atom. The van der Waals surface area contributed by atoms with Crippen molar-refractivity contribution in [3.05, 3.63) is 54.6 Å². The lowest BCUT2D eigenvalue weighted by molar-refractivity contribution is -0.116. The van der Waals surface area contributed by atoms with Crippen molar-refractivity contribution in [3.8, 4) is 23.0 Å². The van der Waals surface area contributed by atoms with Gasteiger partial charge in [-0.15, -0.1) is 10.2 Å². The van der Waals surface area contributed by atoms with Gasteiger partial charge >= 0.3 is 0 Å². The molecule has 8 heteroatoms. The number of aromatic nitrogens is 3. The van der Waals surface area contributed by atoms with Crippen LogP contribution in [0.5, 0.6) is 11.5 Å². The molecule has 0 aliphatic rings. The predicted molar refractivity (Wildman–Crippen MR) is 108 cm³/mol. The molecule has 148 valence electrons. The number of benzene rings is 2. The Balaban J connectivity index is 1.62. The van der Waals surface area contributed by atoms with Crippen molar-refractivity contribution in [2.75, 3.05) is 19.5 Å². The van der Waals surface area contributed by atoms with Gasteiger partial charge in [0.2, 0.25) is 17.7 Å². The molecule has 29 heavy (non-hydrogen) atoms. The number of ether oxygens (including phenoxy) is 2. The van der Waals surface area contributed by atoms with E-state index in [1.54, 1.807) is 39.3 Å². The number of aryl methyl sites for hydroxylation is 1. The first kappa shape index (κ1) is 18.5. The molecule has 2 aromatic carbocycles. The van der Waals surface area contributed by atoms with Gasteiger partial charge in [0.25, 0.3) is 0 Å². The molecule has 0 aliphatic carbocycles. The monoisotopic (exact) mass is 392 g/mol. The number of fused-ring (bicyclic) bond motifs is 1. The second-order valence-electron chi connectivity index (χ2n) is 6.43. The molecule has 1 amide bonds. The molecule has 0 fully saturated rings. The van der Waals surface area contributed by atoms with Crippen LogP contribution in [0.3, 0.4) is 0 Å². The number of nitrogens with zero attached hydrogens (tertiary/aromatic N) is 3. The molecule has 0 aliphatic heterocycles. The Bertz CT molecular complexity index is 1180. The smallest absolute Gasteiger partial charge is 0.249 e. The van der Waals surface area contributed by atoms with Crippen LogP contribution in [0.15, 0.2) is 53.1 Å². The molecule has 8 nitrogen and oxygen atoms in total. The van der Waals surface area contributed by atoms with Gasteiger partial charge in [-0.3, -0.25) is 4.79 Å². The molecular formula is C21H20N4O4. The van der Waals surface area contributed by atoms with E-state index in [1.807, 2.05) is 35.0 Å². The number of nitrogens with one attached hydrogen (secondary N) is 1. The highest BCUT2D eigenvalue weighted by Crippen LogP contribution is 2.31. The summed E-state index contributed by atoms with van der Waals surface area (Å²) in [4.78, 5) is 12.7. The fraction of sp³-hybridized carbons (Fsp3) is 0.190. The molecule has 0 saturated carbocycles. The molecule has 1 N–H and O–H groups in total. The summed E-state index contributed by atoms with van der Waals surface area (Å²) in [7, 11) is 3.12. The summed E-state index contributed by atoms with van der Waals surface area (Å²) >= 11 is 0. The topological polar surface area (TPSA) is 91.4 Å². The van der Waals surface area contributed by atoms with Gasteiger partial charge in [-0.1, -0.05) is 18.2 Å². The molecule has 2 aromatic heterocycles. The second-order valence-corrected chi connectivity index (χ2v) is 6.43. The number of rotatable bonds is 6. The van der Waals surface area contributed by atoms with Crippen molar-refractivity contribution in [2.24, 2.45) is 0 Å². The van der Waals surface area contributed by atoms with E-state index < -0.39 is 0 Å².